The van der Waals surface area contributed by atoms with Crippen molar-refractivity contribution in [2.75, 3.05) is 18.9 Å². The Morgan fingerprint density at radius 1 is 1.47 bits per heavy atom. The number of hydrogen-bond donors (Lipinski definition) is 1. The number of halogens is 2. The summed E-state index contributed by atoms with van der Waals surface area (Å²) in [5, 5.41) is 0.0575. The molecule has 1 aromatic carbocycles. The Kier molecular flexibility index (Phi) is 3.33. The fraction of sp³-hybridized carbons (Fsp3) is 0.462. The zero-order valence-electron chi connectivity index (χ0n) is 10.4. The van der Waals surface area contributed by atoms with Crippen molar-refractivity contribution in [1.29, 1.82) is 0 Å². The molecule has 1 saturated carbocycles. The molecule has 0 radical (unpaired) electrons. The third-order valence-corrected chi connectivity index (χ3v) is 3.62. The summed E-state index contributed by atoms with van der Waals surface area (Å²) in [4.78, 5) is 4.18. The quantitative estimate of drug-likeness (QED) is 0.859. The molecule has 1 aliphatic carbocycles. The van der Waals surface area contributed by atoms with Crippen LogP contribution in [-0.4, -0.2) is 22.8 Å². The van der Waals surface area contributed by atoms with Gasteiger partial charge in [-0.15, -0.1) is 0 Å². The number of nitrogens with zero attached hydrogens (tertiary/aromatic N) is 2. The van der Waals surface area contributed by atoms with E-state index in [-0.39, 0.29) is 5.02 Å². The molecule has 0 bridgehead atoms. The van der Waals surface area contributed by atoms with E-state index in [4.69, 9.17) is 22.1 Å². The van der Waals surface area contributed by atoms with E-state index < -0.39 is 5.82 Å². The minimum atomic E-state index is -0.464. The first-order chi connectivity index (χ1) is 9.15. The molecule has 2 aromatic rings. The highest BCUT2D eigenvalue weighted by molar-refractivity contribution is 6.31. The number of imidazole rings is 1. The van der Waals surface area contributed by atoms with Gasteiger partial charge in [0.2, 0.25) is 5.95 Å². The number of hydrogen-bond acceptors (Lipinski definition) is 3. The lowest BCUT2D eigenvalue weighted by molar-refractivity contribution is 0.118. The second-order valence-corrected chi connectivity index (χ2v) is 5.30. The number of fused-ring (bicyclic) bond motifs is 1. The van der Waals surface area contributed by atoms with E-state index in [1.807, 2.05) is 0 Å². The summed E-state index contributed by atoms with van der Waals surface area (Å²) < 4.78 is 20.8. The standard InChI is InChI=1S/C13H15ClFN3O/c14-9-5-11-12(6-10(9)15)18(13(16)17-11)3-4-19-7-8-1-2-8/h5-6,8H,1-4,7H2,(H2,16,17). The third kappa shape index (κ3) is 2.67. The third-order valence-electron chi connectivity index (χ3n) is 3.33. The molecule has 3 rings (SSSR count). The van der Waals surface area contributed by atoms with Gasteiger partial charge in [0.05, 0.1) is 22.7 Å². The molecular weight excluding hydrogens is 269 g/mol. The number of rotatable bonds is 5. The summed E-state index contributed by atoms with van der Waals surface area (Å²) >= 11 is 5.73. The van der Waals surface area contributed by atoms with Crippen LogP contribution in [0, 0.1) is 11.7 Å². The number of ether oxygens (including phenoxy) is 1. The van der Waals surface area contributed by atoms with Gasteiger partial charge in [-0.25, -0.2) is 9.37 Å². The van der Waals surface area contributed by atoms with Crippen LogP contribution >= 0.6 is 11.6 Å². The van der Waals surface area contributed by atoms with Gasteiger partial charge in [-0.2, -0.15) is 0 Å². The van der Waals surface area contributed by atoms with Crippen molar-refractivity contribution in [3.63, 3.8) is 0 Å². The monoisotopic (exact) mass is 283 g/mol. The number of nitrogen functional groups attached to an aromatic ring is 1. The molecule has 4 nitrogen and oxygen atoms in total. The normalized spacial score (nSPS) is 15.3. The molecule has 6 heteroatoms. The summed E-state index contributed by atoms with van der Waals surface area (Å²) in [7, 11) is 0. The Morgan fingerprint density at radius 2 is 2.26 bits per heavy atom. The van der Waals surface area contributed by atoms with E-state index in [1.54, 1.807) is 4.57 Å². The SMILES string of the molecule is Nc1nc2cc(Cl)c(F)cc2n1CCOCC1CC1. The van der Waals surface area contributed by atoms with Gasteiger partial charge >= 0.3 is 0 Å². The van der Waals surface area contributed by atoms with Crippen LogP contribution in [0.25, 0.3) is 11.0 Å². The van der Waals surface area contributed by atoms with Crippen LogP contribution in [0.4, 0.5) is 10.3 Å². The van der Waals surface area contributed by atoms with Gasteiger partial charge < -0.3 is 15.0 Å². The molecule has 0 unspecified atom stereocenters. The number of benzene rings is 1. The van der Waals surface area contributed by atoms with Crippen molar-refractivity contribution < 1.29 is 9.13 Å². The fourth-order valence-corrected chi connectivity index (χ4v) is 2.22. The predicted molar refractivity (Wildman–Crippen MR) is 72.7 cm³/mol. The summed E-state index contributed by atoms with van der Waals surface area (Å²) in [6, 6.07) is 2.85. The zero-order valence-corrected chi connectivity index (χ0v) is 11.2. The largest absolute Gasteiger partial charge is 0.379 e. The smallest absolute Gasteiger partial charge is 0.201 e. The lowest BCUT2D eigenvalue weighted by Crippen LogP contribution is -2.10. The van der Waals surface area contributed by atoms with Crippen molar-refractivity contribution in [2.45, 2.75) is 19.4 Å². The fourth-order valence-electron chi connectivity index (χ4n) is 2.06. The average molecular weight is 284 g/mol. The molecule has 1 aliphatic rings. The van der Waals surface area contributed by atoms with Crippen LogP contribution in [-0.2, 0) is 11.3 Å². The average Bonchev–Trinajstić information content (AvgIpc) is 3.13. The van der Waals surface area contributed by atoms with Crippen LogP contribution in [0.15, 0.2) is 12.1 Å². The number of aromatic nitrogens is 2. The highest BCUT2D eigenvalue weighted by Gasteiger charge is 2.21. The van der Waals surface area contributed by atoms with Crippen LogP contribution in [0.2, 0.25) is 5.02 Å². The first kappa shape index (κ1) is 12.7. The number of anilines is 1. The minimum Gasteiger partial charge on any atom is -0.379 e. The van der Waals surface area contributed by atoms with E-state index in [9.17, 15) is 4.39 Å². The molecule has 1 fully saturated rings. The maximum absolute atomic E-state index is 13.5. The second-order valence-electron chi connectivity index (χ2n) is 4.89. The molecule has 2 N–H and O–H groups in total. The van der Waals surface area contributed by atoms with Crippen molar-refractivity contribution in [3.05, 3.63) is 23.0 Å². The Bertz CT molecular complexity index is 609. The van der Waals surface area contributed by atoms with Crippen molar-refractivity contribution in [1.82, 2.24) is 9.55 Å². The van der Waals surface area contributed by atoms with Crippen LogP contribution in [0.3, 0.4) is 0 Å². The first-order valence-electron chi connectivity index (χ1n) is 6.33. The van der Waals surface area contributed by atoms with Gasteiger partial charge in [-0.1, -0.05) is 11.6 Å². The second kappa shape index (κ2) is 4.98. The minimum absolute atomic E-state index is 0.0575. The maximum Gasteiger partial charge on any atom is 0.201 e. The van der Waals surface area contributed by atoms with E-state index >= 15 is 0 Å². The van der Waals surface area contributed by atoms with Crippen LogP contribution < -0.4 is 5.73 Å². The molecule has 0 aliphatic heterocycles. The predicted octanol–water partition coefficient (Wildman–Crippen LogP) is 2.84. The first-order valence-corrected chi connectivity index (χ1v) is 6.71. The van der Waals surface area contributed by atoms with E-state index in [0.29, 0.717) is 30.1 Å². The van der Waals surface area contributed by atoms with E-state index in [2.05, 4.69) is 4.98 Å². The van der Waals surface area contributed by atoms with E-state index in [1.165, 1.54) is 25.0 Å². The molecule has 1 aromatic heterocycles. The van der Waals surface area contributed by atoms with Crippen molar-refractivity contribution in [3.8, 4) is 0 Å². The molecule has 0 saturated heterocycles. The molecule has 0 spiro atoms. The topological polar surface area (TPSA) is 53.1 Å². The van der Waals surface area contributed by atoms with Gasteiger partial charge in [0.15, 0.2) is 0 Å². The molecule has 102 valence electrons. The summed E-state index contributed by atoms with van der Waals surface area (Å²) in [5.41, 5.74) is 7.09. The molecule has 19 heavy (non-hydrogen) atoms. The Hall–Kier alpha value is -1.33. The molecule has 1 heterocycles. The summed E-state index contributed by atoms with van der Waals surface area (Å²) in [5.74, 6) is 0.619. The maximum atomic E-state index is 13.5. The zero-order chi connectivity index (χ0) is 13.4. The molecule has 0 atom stereocenters. The van der Waals surface area contributed by atoms with E-state index in [0.717, 1.165) is 12.5 Å². The van der Waals surface area contributed by atoms with Gasteiger partial charge in [0.1, 0.15) is 5.82 Å². The molecular formula is C13H15ClFN3O. The van der Waals surface area contributed by atoms with Gasteiger partial charge in [0, 0.05) is 19.2 Å². The lowest BCUT2D eigenvalue weighted by Gasteiger charge is -2.07. The number of nitrogens with two attached hydrogens (primary N) is 1. The van der Waals surface area contributed by atoms with Gasteiger partial charge in [-0.3, -0.25) is 0 Å². The van der Waals surface area contributed by atoms with Crippen molar-refractivity contribution in [2.24, 2.45) is 5.92 Å². The van der Waals surface area contributed by atoms with Crippen LogP contribution in [0.5, 0.6) is 0 Å². The lowest BCUT2D eigenvalue weighted by atomic mass is 10.3. The van der Waals surface area contributed by atoms with Gasteiger partial charge in [0.25, 0.3) is 0 Å². The summed E-state index contributed by atoms with van der Waals surface area (Å²) in [6.07, 6.45) is 2.53. The van der Waals surface area contributed by atoms with Crippen molar-refractivity contribution >= 4 is 28.6 Å². The Labute approximate surface area is 115 Å². The van der Waals surface area contributed by atoms with Gasteiger partial charge in [-0.05, 0) is 24.8 Å². The Morgan fingerprint density at radius 3 is 3.00 bits per heavy atom. The Balaban J connectivity index is 1.76. The molecule has 0 amide bonds. The van der Waals surface area contributed by atoms with Crippen LogP contribution in [0.1, 0.15) is 12.8 Å². The highest BCUT2D eigenvalue weighted by Crippen LogP contribution is 2.29. The summed E-state index contributed by atoms with van der Waals surface area (Å²) in [6.45, 7) is 1.92. The highest BCUT2D eigenvalue weighted by atomic mass is 35.5.